The van der Waals surface area contributed by atoms with Crippen LogP contribution >= 0.6 is 11.6 Å². The van der Waals surface area contributed by atoms with Gasteiger partial charge in [0.15, 0.2) is 0 Å². The van der Waals surface area contributed by atoms with E-state index in [-0.39, 0.29) is 18.1 Å². The van der Waals surface area contributed by atoms with Crippen LogP contribution in [0, 0.1) is 17.3 Å². The van der Waals surface area contributed by atoms with Crippen LogP contribution in [0.25, 0.3) is 0 Å². The first-order valence-electron chi connectivity index (χ1n) is 6.84. The van der Waals surface area contributed by atoms with Crippen molar-refractivity contribution in [3.8, 4) is 5.75 Å². The SMILES string of the molecule is COc1cc(Cl)cc(C(=O)NCc2ccc(C)cc2[NH+]([O-])[O-])c1. The lowest BCUT2D eigenvalue weighted by Gasteiger charge is -2.27. The summed E-state index contributed by atoms with van der Waals surface area (Å²) >= 11 is 5.93. The number of hydrogen-bond acceptors (Lipinski definition) is 4. The first kappa shape index (κ1) is 17.2. The summed E-state index contributed by atoms with van der Waals surface area (Å²) in [6.45, 7) is 1.85. The van der Waals surface area contributed by atoms with E-state index < -0.39 is 5.23 Å². The number of quaternary nitrogens is 1. The summed E-state index contributed by atoms with van der Waals surface area (Å²) in [6, 6.07) is 9.59. The fourth-order valence-electron chi connectivity index (χ4n) is 2.12. The van der Waals surface area contributed by atoms with Crippen LogP contribution in [-0.2, 0) is 6.54 Å². The van der Waals surface area contributed by atoms with Crippen LogP contribution in [0.15, 0.2) is 36.4 Å². The van der Waals surface area contributed by atoms with Crippen molar-refractivity contribution >= 4 is 23.2 Å². The number of ether oxygens (including phenoxy) is 1. The topological polar surface area (TPSA) is 88.9 Å². The van der Waals surface area contributed by atoms with E-state index in [2.05, 4.69) is 5.32 Å². The van der Waals surface area contributed by atoms with E-state index in [4.69, 9.17) is 16.3 Å². The van der Waals surface area contributed by atoms with E-state index in [0.717, 1.165) is 5.56 Å². The molecular formula is C16H16ClN2O4-. The molecule has 0 radical (unpaired) electrons. The second-order valence-electron chi connectivity index (χ2n) is 5.01. The minimum Gasteiger partial charge on any atom is -0.628 e. The van der Waals surface area contributed by atoms with E-state index >= 15 is 0 Å². The predicted octanol–water partition coefficient (Wildman–Crippen LogP) is 2.10. The molecule has 0 aromatic heterocycles. The monoisotopic (exact) mass is 335 g/mol. The zero-order valence-electron chi connectivity index (χ0n) is 12.7. The first-order chi connectivity index (χ1) is 10.9. The highest BCUT2D eigenvalue weighted by atomic mass is 35.5. The molecule has 2 aromatic carbocycles. The molecule has 1 amide bonds. The predicted molar refractivity (Wildman–Crippen MR) is 87.7 cm³/mol. The molecule has 0 fully saturated rings. The van der Waals surface area contributed by atoms with Gasteiger partial charge in [-0.3, -0.25) is 4.79 Å². The largest absolute Gasteiger partial charge is 0.628 e. The average Bonchev–Trinajstić information content (AvgIpc) is 2.52. The fourth-order valence-corrected chi connectivity index (χ4v) is 2.35. The van der Waals surface area contributed by atoms with E-state index in [1.165, 1.54) is 19.2 Å². The molecule has 2 rings (SSSR count). The van der Waals surface area contributed by atoms with Crippen LogP contribution in [0.2, 0.25) is 5.02 Å². The van der Waals surface area contributed by atoms with Crippen LogP contribution in [0.3, 0.4) is 0 Å². The molecule has 122 valence electrons. The number of carbonyl (C=O) groups excluding carboxylic acids is 1. The Labute approximate surface area is 138 Å². The van der Waals surface area contributed by atoms with Crippen molar-refractivity contribution in [2.24, 2.45) is 0 Å². The van der Waals surface area contributed by atoms with E-state index in [1.807, 2.05) is 0 Å². The van der Waals surface area contributed by atoms with Gasteiger partial charge in [0.2, 0.25) is 0 Å². The Morgan fingerprint density at radius 3 is 2.65 bits per heavy atom. The summed E-state index contributed by atoms with van der Waals surface area (Å²) in [4.78, 5) is 12.2. The number of amides is 1. The molecular weight excluding hydrogens is 320 g/mol. The molecule has 0 aliphatic carbocycles. The Kier molecular flexibility index (Phi) is 5.57. The third-order valence-electron chi connectivity index (χ3n) is 3.29. The summed E-state index contributed by atoms with van der Waals surface area (Å²) in [5.41, 5.74) is 1.67. The maximum absolute atomic E-state index is 12.2. The lowest BCUT2D eigenvalue weighted by Crippen LogP contribution is -2.96. The lowest BCUT2D eigenvalue weighted by molar-refractivity contribution is -0.715. The van der Waals surface area contributed by atoms with E-state index in [0.29, 0.717) is 21.9 Å². The van der Waals surface area contributed by atoms with Crippen LogP contribution < -0.4 is 15.3 Å². The molecule has 23 heavy (non-hydrogen) atoms. The number of methoxy groups -OCH3 is 1. The van der Waals surface area contributed by atoms with Gasteiger partial charge in [0, 0.05) is 28.8 Å². The lowest BCUT2D eigenvalue weighted by atomic mass is 10.1. The van der Waals surface area contributed by atoms with E-state index in [1.54, 1.807) is 31.2 Å². The summed E-state index contributed by atoms with van der Waals surface area (Å²) in [7, 11) is 1.48. The van der Waals surface area contributed by atoms with Gasteiger partial charge in [-0.25, -0.2) is 0 Å². The Balaban J connectivity index is 2.15. The van der Waals surface area contributed by atoms with E-state index in [9.17, 15) is 15.2 Å². The molecule has 2 aromatic rings. The Morgan fingerprint density at radius 1 is 1.26 bits per heavy atom. The molecule has 0 heterocycles. The molecule has 0 bridgehead atoms. The van der Waals surface area contributed by atoms with Crippen LogP contribution in [-0.4, -0.2) is 13.0 Å². The average molecular weight is 336 g/mol. The number of aryl methyl sites for hydroxylation is 1. The van der Waals surface area contributed by atoms with Gasteiger partial charge in [-0.15, -0.1) is 0 Å². The molecule has 0 saturated heterocycles. The molecule has 2 N–H and O–H groups in total. The third-order valence-corrected chi connectivity index (χ3v) is 3.51. The molecule has 0 aliphatic rings. The van der Waals surface area contributed by atoms with Crippen LogP contribution in [0.1, 0.15) is 21.5 Å². The number of hydrogen-bond donors (Lipinski definition) is 2. The van der Waals surface area contributed by atoms with Gasteiger partial charge >= 0.3 is 0 Å². The Hall–Kier alpha value is -2.12. The molecule has 0 unspecified atom stereocenters. The molecule has 0 saturated carbocycles. The Morgan fingerprint density at radius 2 is 2.00 bits per heavy atom. The summed E-state index contributed by atoms with van der Waals surface area (Å²) in [5, 5.41) is 24.1. The highest BCUT2D eigenvalue weighted by Gasteiger charge is 2.11. The smallest absolute Gasteiger partial charge is 0.251 e. The van der Waals surface area contributed by atoms with Gasteiger partial charge in [-0.1, -0.05) is 23.7 Å². The van der Waals surface area contributed by atoms with Crippen molar-refractivity contribution < 1.29 is 14.8 Å². The van der Waals surface area contributed by atoms with Gasteiger partial charge in [0.25, 0.3) is 5.91 Å². The van der Waals surface area contributed by atoms with Crippen molar-refractivity contribution in [1.29, 1.82) is 0 Å². The van der Waals surface area contributed by atoms with Gasteiger partial charge in [0.1, 0.15) is 11.4 Å². The number of nitrogens with one attached hydrogen (secondary N) is 2. The van der Waals surface area contributed by atoms with Crippen molar-refractivity contribution in [3.63, 3.8) is 0 Å². The number of halogens is 1. The quantitative estimate of drug-likeness (QED) is 0.819. The maximum Gasteiger partial charge on any atom is 0.251 e. The standard InChI is InChI=1S/C16H16ClN2O4/c1-10-3-4-11(15(5-10)19(21)22)9-18-16(20)12-6-13(17)8-14(7-12)23-2/h3-8,19H,9H2,1-2H3,(H,18,20)/q-1. The van der Waals surface area contributed by atoms with Crippen molar-refractivity contribution in [2.45, 2.75) is 13.5 Å². The normalized spacial score (nSPS) is 10.7. The van der Waals surface area contributed by atoms with Crippen molar-refractivity contribution in [2.75, 3.05) is 7.11 Å². The maximum atomic E-state index is 12.2. The number of carbonyl (C=O) groups is 1. The molecule has 0 spiro atoms. The second kappa shape index (κ2) is 7.43. The summed E-state index contributed by atoms with van der Waals surface area (Å²) in [5.74, 6) is 0.0871. The van der Waals surface area contributed by atoms with Crippen LogP contribution in [0.5, 0.6) is 5.75 Å². The summed E-state index contributed by atoms with van der Waals surface area (Å²) in [6.07, 6.45) is 0. The molecule has 7 heteroatoms. The minimum absolute atomic E-state index is 0.0639. The molecule has 6 nitrogen and oxygen atoms in total. The molecule has 0 aliphatic heterocycles. The Bertz CT molecular complexity index is 719. The number of rotatable bonds is 5. The molecule has 0 atom stereocenters. The summed E-state index contributed by atoms with van der Waals surface area (Å²) < 4.78 is 5.06. The fraction of sp³-hybridized carbons (Fsp3) is 0.188. The third kappa shape index (κ3) is 4.43. The zero-order chi connectivity index (χ0) is 17.0. The zero-order valence-corrected chi connectivity index (χ0v) is 13.4. The highest BCUT2D eigenvalue weighted by Crippen LogP contribution is 2.21. The highest BCUT2D eigenvalue weighted by molar-refractivity contribution is 6.31. The van der Waals surface area contributed by atoms with Gasteiger partial charge < -0.3 is 25.7 Å². The second-order valence-corrected chi connectivity index (χ2v) is 5.45. The van der Waals surface area contributed by atoms with Crippen LogP contribution in [0.4, 0.5) is 5.69 Å². The van der Waals surface area contributed by atoms with Gasteiger partial charge in [0.05, 0.1) is 7.11 Å². The van der Waals surface area contributed by atoms with Gasteiger partial charge in [-0.2, -0.15) is 0 Å². The number of benzene rings is 2. The first-order valence-corrected chi connectivity index (χ1v) is 7.22. The van der Waals surface area contributed by atoms with Crippen molar-refractivity contribution in [3.05, 3.63) is 68.5 Å². The van der Waals surface area contributed by atoms with Crippen molar-refractivity contribution in [1.82, 2.24) is 5.32 Å². The minimum atomic E-state index is -1.28. The van der Waals surface area contributed by atoms with Gasteiger partial charge in [-0.05, 0) is 30.7 Å².